The van der Waals surface area contributed by atoms with Crippen LogP contribution < -0.4 is 20.7 Å². The number of aromatic nitrogens is 1. The zero-order valence-corrected chi connectivity index (χ0v) is 37.5. The number of benzene rings is 1. The molecule has 15 heteroatoms. The summed E-state index contributed by atoms with van der Waals surface area (Å²) in [4.78, 5) is 76.0. The number of carboxylic acids is 1. The molecule has 2 fully saturated rings. The molecule has 8 atom stereocenters. The minimum absolute atomic E-state index is 0.0533. The summed E-state index contributed by atoms with van der Waals surface area (Å²) in [6.07, 6.45) is 7.21. The Morgan fingerprint density at radius 3 is 2.50 bits per heavy atom. The van der Waals surface area contributed by atoms with Crippen LogP contribution in [0, 0.1) is 11.8 Å². The van der Waals surface area contributed by atoms with Gasteiger partial charge in [-0.15, -0.1) is 11.3 Å². The fraction of sp³-hybridized carbons (Fsp3) is 0.689. The Kier molecular flexibility index (Phi) is 17.5. The highest BCUT2D eigenvalue weighted by Gasteiger charge is 2.39. The van der Waals surface area contributed by atoms with Crippen molar-refractivity contribution in [3.63, 3.8) is 0 Å². The molecule has 1 aromatic heterocycles. The van der Waals surface area contributed by atoms with Gasteiger partial charge in [0, 0.05) is 37.0 Å². The third-order valence-electron chi connectivity index (χ3n) is 12.5. The van der Waals surface area contributed by atoms with Gasteiger partial charge in [-0.3, -0.25) is 24.1 Å². The van der Waals surface area contributed by atoms with Gasteiger partial charge in [0.2, 0.25) is 11.8 Å². The van der Waals surface area contributed by atoms with Gasteiger partial charge in [-0.05, 0) is 107 Å². The van der Waals surface area contributed by atoms with E-state index in [9.17, 15) is 29.1 Å². The standard InChI is InChI=1S/C45H68N6O8S/c1-8-19-51(43(54)39(28(6)10-3)49-41(53)36-15-11-12-20-50(36)7)37(27(4)5)25-38(58-21-9-2)42-48-35(26-60-42)40(52)47-30-22-29-16-17-31(24-32(29)33(23-30)44(55)56)59-45(57)34-14-13-18-46-34/h16-17,24,26-28,30,33-34,36-39,46H,8-15,18-23,25H2,1-7H3,(H,47,52)(H,49,53)(H,55,56)/t28-,30-,33+,34+,36+,37?,38+,39-/m0/s1. The van der Waals surface area contributed by atoms with Crippen LogP contribution in [0.5, 0.6) is 5.75 Å². The molecule has 332 valence electrons. The molecular formula is C45H68N6O8S. The van der Waals surface area contributed by atoms with E-state index in [1.807, 2.05) is 32.7 Å². The highest BCUT2D eigenvalue weighted by atomic mass is 32.1. The van der Waals surface area contributed by atoms with Crippen molar-refractivity contribution in [2.75, 3.05) is 33.3 Å². The topological polar surface area (TPSA) is 180 Å². The van der Waals surface area contributed by atoms with Crippen LogP contribution >= 0.6 is 11.3 Å². The van der Waals surface area contributed by atoms with Crippen molar-refractivity contribution in [3.8, 4) is 5.75 Å². The lowest BCUT2D eigenvalue weighted by atomic mass is 9.80. The third-order valence-corrected chi connectivity index (χ3v) is 13.4. The summed E-state index contributed by atoms with van der Waals surface area (Å²) in [5.74, 6) is -2.59. The molecule has 5 rings (SSSR count). The van der Waals surface area contributed by atoms with E-state index in [1.165, 1.54) is 11.3 Å². The maximum atomic E-state index is 14.7. The van der Waals surface area contributed by atoms with E-state index < -0.39 is 36.0 Å². The number of piperidine rings is 1. The highest BCUT2D eigenvalue weighted by molar-refractivity contribution is 7.09. The number of ether oxygens (including phenoxy) is 2. The van der Waals surface area contributed by atoms with Crippen molar-refractivity contribution in [2.24, 2.45) is 11.8 Å². The number of likely N-dealkylation sites (N-methyl/N-ethyl adjacent to an activating group) is 1. The van der Waals surface area contributed by atoms with Crippen LogP contribution in [-0.2, 0) is 30.3 Å². The molecule has 0 radical (unpaired) electrons. The number of carbonyl (C=O) groups is 5. The molecule has 0 spiro atoms. The number of thiazole rings is 1. The van der Waals surface area contributed by atoms with Crippen molar-refractivity contribution in [1.82, 2.24) is 30.7 Å². The molecule has 0 saturated carbocycles. The summed E-state index contributed by atoms with van der Waals surface area (Å²) in [5, 5.41) is 21.9. The van der Waals surface area contributed by atoms with Crippen LogP contribution in [0.25, 0.3) is 0 Å². The van der Waals surface area contributed by atoms with Crippen molar-refractivity contribution in [3.05, 3.63) is 45.4 Å². The Bertz CT molecular complexity index is 1780. The first-order valence-corrected chi connectivity index (χ1v) is 23.1. The van der Waals surface area contributed by atoms with E-state index in [1.54, 1.807) is 23.6 Å². The minimum atomic E-state index is -1.02. The van der Waals surface area contributed by atoms with Crippen molar-refractivity contribution in [2.45, 2.75) is 154 Å². The number of nitrogens with one attached hydrogen (secondary N) is 3. The monoisotopic (exact) mass is 852 g/mol. The summed E-state index contributed by atoms with van der Waals surface area (Å²) < 4.78 is 12.0. The molecular weight excluding hydrogens is 785 g/mol. The average Bonchev–Trinajstić information content (AvgIpc) is 3.96. The predicted molar refractivity (Wildman–Crippen MR) is 231 cm³/mol. The normalized spacial score (nSPS) is 22.6. The number of aliphatic carboxylic acids is 1. The van der Waals surface area contributed by atoms with Crippen molar-refractivity contribution < 1.29 is 38.6 Å². The van der Waals surface area contributed by atoms with Crippen LogP contribution in [0.2, 0.25) is 0 Å². The number of esters is 1. The summed E-state index contributed by atoms with van der Waals surface area (Å²) >= 11 is 1.33. The van der Waals surface area contributed by atoms with E-state index in [0.29, 0.717) is 48.7 Å². The van der Waals surface area contributed by atoms with Crippen LogP contribution in [0.3, 0.4) is 0 Å². The van der Waals surface area contributed by atoms with Crippen molar-refractivity contribution >= 4 is 41.0 Å². The lowest BCUT2D eigenvalue weighted by Crippen LogP contribution is -2.58. The maximum Gasteiger partial charge on any atom is 0.328 e. The zero-order chi connectivity index (χ0) is 43.5. The van der Waals surface area contributed by atoms with Crippen molar-refractivity contribution in [1.29, 1.82) is 0 Å². The van der Waals surface area contributed by atoms with Gasteiger partial charge in [0.05, 0.1) is 12.0 Å². The molecule has 3 heterocycles. The van der Waals surface area contributed by atoms with Gasteiger partial charge in [0.25, 0.3) is 5.91 Å². The van der Waals surface area contributed by atoms with Gasteiger partial charge >= 0.3 is 11.9 Å². The second-order valence-corrected chi connectivity index (χ2v) is 18.2. The molecule has 0 bridgehead atoms. The summed E-state index contributed by atoms with van der Waals surface area (Å²) in [6.45, 7) is 14.9. The van der Waals surface area contributed by atoms with Gasteiger partial charge in [-0.25, -0.2) is 9.78 Å². The van der Waals surface area contributed by atoms with Crippen LogP contribution in [0.1, 0.15) is 144 Å². The molecule has 1 aliphatic carbocycles. The van der Waals surface area contributed by atoms with Gasteiger partial charge in [-0.1, -0.05) is 60.5 Å². The van der Waals surface area contributed by atoms with E-state index in [0.717, 1.165) is 63.6 Å². The molecule has 3 amide bonds. The molecule has 2 aliphatic heterocycles. The molecule has 2 aromatic rings. The Labute approximate surface area is 359 Å². The number of carboxylic acid groups (broad SMARTS) is 1. The summed E-state index contributed by atoms with van der Waals surface area (Å²) in [6, 6.07) is 3.11. The maximum absolute atomic E-state index is 14.7. The largest absolute Gasteiger partial charge is 0.481 e. The molecule has 4 N–H and O–H groups in total. The lowest BCUT2D eigenvalue weighted by molar-refractivity contribution is -0.143. The predicted octanol–water partition coefficient (Wildman–Crippen LogP) is 5.85. The van der Waals surface area contributed by atoms with E-state index in [2.05, 4.69) is 41.6 Å². The van der Waals surface area contributed by atoms with E-state index in [4.69, 9.17) is 14.5 Å². The molecule has 1 aromatic carbocycles. The average molecular weight is 853 g/mol. The van der Waals surface area contributed by atoms with Gasteiger partial charge in [-0.2, -0.15) is 0 Å². The third kappa shape index (κ3) is 11.9. The highest BCUT2D eigenvalue weighted by Crippen LogP contribution is 2.36. The molecule has 1 unspecified atom stereocenters. The van der Waals surface area contributed by atoms with Gasteiger partial charge in [0.1, 0.15) is 34.6 Å². The zero-order valence-electron chi connectivity index (χ0n) is 36.7. The Hall–Kier alpha value is -3.92. The Balaban J connectivity index is 1.30. The van der Waals surface area contributed by atoms with Gasteiger partial charge < -0.3 is 35.4 Å². The second-order valence-electron chi connectivity index (χ2n) is 17.3. The van der Waals surface area contributed by atoms with Crippen LogP contribution in [0.4, 0.5) is 0 Å². The molecule has 60 heavy (non-hydrogen) atoms. The first-order chi connectivity index (χ1) is 28.8. The summed E-state index contributed by atoms with van der Waals surface area (Å²) in [5.41, 5.74) is 1.57. The number of nitrogens with zero attached hydrogens (tertiary/aromatic N) is 3. The number of rotatable bonds is 20. The number of carbonyl (C=O) groups excluding carboxylic acids is 4. The van der Waals surface area contributed by atoms with Crippen LogP contribution in [-0.4, -0.2) is 113 Å². The minimum Gasteiger partial charge on any atom is -0.481 e. The first-order valence-electron chi connectivity index (χ1n) is 22.3. The number of hydrogen-bond acceptors (Lipinski definition) is 11. The number of likely N-dealkylation sites (tertiary alicyclic amines) is 1. The molecule has 14 nitrogen and oxygen atoms in total. The Morgan fingerprint density at radius 2 is 1.85 bits per heavy atom. The number of amides is 3. The quantitative estimate of drug-likeness (QED) is 0.0928. The lowest BCUT2D eigenvalue weighted by Gasteiger charge is -2.40. The SMILES string of the molecule is CCCO[C@H](CC(C(C)C)N(CCC)C(=O)[C@@H](NC(=O)[C@H]1CCCCN1C)[C@@H](C)CC)c1nc(C(=O)N[C@H]2Cc3ccc(OC(=O)[C@H]4CCCN4)cc3[C@H](C(=O)O)C2)cs1. The van der Waals surface area contributed by atoms with E-state index >= 15 is 0 Å². The molecule has 2 saturated heterocycles. The number of fused-ring (bicyclic) bond motifs is 1. The van der Waals surface area contributed by atoms with Crippen LogP contribution in [0.15, 0.2) is 23.6 Å². The summed E-state index contributed by atoms with van der Waals surface area (Å²) in [7, 11) is 1.97. The molecule has 3 aliphatic rings. The first kappa shape index (κ1) is 47.1. The number of hydrogen-bond donors (Lipinski definition) is 4. The second kappa shape index (κ2) is 22.3. The fourth-order valence-electron chi connectivity index (χ4n) is 8.80. The smallest absolute Gasteiger partial charge is 0.328 e. The van der Waals surface area contributed by atoms with E-state index in [-0.39, 0.29) is 59.9 Å². The Morgan fingerprint density at radius 1 is 1.07 bits per heavy atom. The van der Waals surface area contributed by atoms with Gasteiger partial charge in [0.15, 0.2) is 0 Å². The fourth-order valence-corrected chi connectivity index (χ4v) is 9.66.